The molecule has 6 heteroatoms. The molecule has 6 nitrogen and oxygen atoms in total. The fourth-order valence-corrected chi connectivity index (χ4v) is 2.24. The standard InChI is InChI=1S/C17H21N3O3/c1-22-16-4-2-14(3-5-16)6-7-19-17(21)15(12-18)13-20-8-10-23-11-9-20/h2-5,13H,6-11H2,1H3,(H,19,21)/b15-13-. The van der Waals surface area contributed by atoms with Crippen molar-refractivity contribution >= 4 is 5.91 Å². The van der Waals surface area contributed by atoms with Gasteiger partial charge in [-0.1, -0.05) is 12.1 Å². The number of amides is 1. The molecule has 0 spiro atoms. The number of nitrogens with one attached hydrogen (secondary N) is 1. The number of methoxy groups -OCH3 is 1. The molecule has 1 aliphatic heterocycles. The second-order valence-electron chi connectivity index (χ2n) is 5.16. The molecule has 0 unspecified atom stereocenters. The topological polar surface area (TPSA) is 74.6 Å². The average molecular weight is 315 g/mol. The molecule has 122 valence electrons. The number of carbonyl (C=O) groups excluding carboxylic acids is 1. The Hall–Kier alpha value is -2.52. The van der Waals surface area contributed by atoms with E-state index in [1.807, 2.05) is 35.2 Å². The first-order chi connectivity index (χ1) is 11.2. The van der Waals surface area contributed by atoms with Gasteiger partial charge in [-0.15, -0.1) is 0 Å². The fraction of sp³-hybridized carbons (Fsp3) is 0.412. The Morgan fingerprint density at radius 3 is 2.70 bits per heavy atom. The number of hydrogen-bond acceptors (Lipinski definition) is 5. The van der Waals surface area contributed by atoms with Crippen LogP contribution in [0.15, 0.2) is 36.0 Å². The Labute approximate surface area is 136 Å². The third-order valence-electron chi connectivity index (χ3n) is 3.58. The van der Waals surface area contributed by atoms with Gasteiger partial charge in [0.2, 0.25) is 0 Å². The molecule has 0 bridgehead atoms. The lowest BCUT2D eigenvalue weighted by Crippen LogP contribution is -2.34. The van der Waals surface area contributed by atoms with Gasteiger partial charge in [-0.3, -0.25) is 4.79 Å². The molecule has 0 atom stereocenters. The molecule has 1 fully saturated rings. The minimum atomic E-state index is -0.340. The van der Waals surface area contributed by atoms with Crippen LogP contribution in [0.5, 0.6) is 5.75 Å². The van der Waals surface area contributed by atoms with Crippen molar-refractivity contribution in [3.8, 4) is 11.8 Å². The Balaban J connectivity index is 1.82. The second kappa shape index (κ2) is 8.81. The summed E-state index contributed by atoms with van der Waals surface area (Å²) in [6, 6.07) is 9.65. The Morgan fingerprint density at radius 2 is 2.09 bits per heavy atom. The predicted octanol–water partition coefficient (Wildman–Crippen LogP) is 1.09. The molecule has 0 aliphatic carbocycles. The highest BCUT2D eigenvalue weighted by Gasteiger charge is 2.13. The van der Waals surface area contributed by atoms with E-state index in [0.29, 0.717) is 39.3 Å². The maximum absolute atomic E-state index is 12.1. The monoisotopic (exact) mass is 315 g/mol. The Bertz CT molecular complexity index is 584. The summed E-state index contributed by atoms with van der Waals surface area (Å²) in [5, 5.41) is 11.9. The lowest BCUT2D eigenvalue weighted by atomic mass is 10.1. The van der Waals surface area contributed by atoms with E-state index in [1.165, 1.54) is 0 Å². The van der Waals surface area contributed by atoms with Gasteiger partial charge < -0.3 is 19.7 Å². The van der Waals surface area contributed by atoms with Crippen LogP contribution in [0.3, 0.4) is 0 Å². The largest absolute Gasteiger partial charge is 0.497 e. The molecule has 1 N–H and O–H groups in total. The molecule has 1 aromatic rings. The van der Waals surface area contributed by atoms with Crippen LogP contribution in [0.1, 0.15) is 5.56 Å². The van der Waals surface area contributed by atoms with Crippen LogP contribution < -0.4 is 10.1 Å². The molecule has 0 aromatic heterocycles. The van der Waals surface area contributed by atoms with Gasteiger partial charge in [0.05, 0.1) is 20.3 Å². The van der Waals surface area contributed by atoms with Crippen LogP contribution in [0.25, 0.3) is 0 Å². The van der Waals surface area contributed by atoms with Crippen molar-refractivity contribution in [2.24, 2.45) is 0 Å². The van der Waals surface area contributed by atoms with Crippen molar-refractivity contribution in [1.82, 2.24) is 10.2 Å². The SMILES string of the molecule is COc1ccc(CCNC(=O)/C(C#N)=C\N2CCOCC2)cc1. The highest BCUT2D eigenvalue weighted by Crippen LogP contribution is 2.11. The van der Waals surface area contributed by atoms with E-state index in [4.69, 9.17) is 14.7 Å². The zero-order valence-corrected chi connectivity index (χ0v) is 13.2. The van der Waals surface area contributed by atoms with E-state index in [1.54, 1.807) is 13.3 Å². The summed E-state index contributed by atoms with van der Waals surface area (Å²) in [5.74, 6) is 0.463. The van der Waals surface area contributed by atoms with Crippen LogP contribution >= 0.6 is 0 Å². The molecule has 1 heterocycles. The van der Waals surface area contributed by atoms with E-state index < -0.39 is 0 Å². The van der Waals surface area contributed by atoms with Gasteiger partial charge in [0, 0.05) is 25.8 Å². The summed E-state index contributed by atoms with van der Waals surface area (Å²) in [5.41, 5.74) is 1.23. The molecular weight excluding hydrogens is 294 g/mol. The maximum atomic E-state index is 12.1. The third-order valence-corrected chi connectivity index (χ3v) is 3.58. The lowest BCUT2D eigenvalue weighted by molar-refractivity contribution is -0.117. The molecule has 0 saturated carbocycles. The Kier molecular flexibility index (Phi) is 6.45. The minimum Gasteiger partial charge on any atom is -0.497 e. The van der Waals surface area contributed by atoms with Crippen LogP contribution in [-0.4, -0.2) is 50.8 Å². The number of morpholine rings is 1. The van der Waals surface area contributed by atoms with E-state index in [-0.39, 0.29) is 11.5 Å². The van der Waals surface area contributed by atoms with Crippen molar-refractivity contribution in [3.63, 3.8) is 0 Å². The zero-order chi connectivity index (χ0) is 16.5. The summed E-state index contributed by atoms with van der Waals surface area (Å²) in [6.45, 7) is 3.12. The van der Waals surface area contributed by atoms with E-state index in [9.17, 15) is 4.79 Å². The lowest BCUT2D eigenvalue weighted by Gasteiger charge is -2.25. The quantitative estimate of drug-likeness (QED) is 0.628. The Morgan fingerprint density at radius 1 is 1.39 bits per heavy atom. The third kappa shape index (κ3) is 5.31. The fourth-order valence-electron chi connectivity index (χ4n) is 2.24. The average Bonchev–Trinajstić information content (AvgIpc) is 2.61. The number of rotatable bonds is 6. The first-order valence-corrected chi connectivity index (χ1v) is 7.58. The van der Waals surface area contributed by atoms with Gasteiger partial charge in [0.25, 0.3) is 5.91 Å². The molecule has 1 aliphatic rings. The van der Waals surface area contributed by atoms with Crippen LogP contribution in [0, 0.1) is 11.3 Å². The normalized spacial score (nSPS) is 15.0. The van der Waals surface area contributed by atoms with Crippen LogP contribution in [-0.2, 0) is 16.0 Å². The highest BCUT2D eigenvalue weighted by molar-refractivity contribution is 5.97. The molecule has 2 rings (SSSR count). The van der Waals surface area contributed by atoms with Gasteiger partial charge in [-0.05, 0) is 24.1 Å². The molecule has 0 radical (unpaired) electrons. The van der Waals surface area contributed by atoms with Crippen molar-refractivity contribution < 1.29 is 14.3 Å². The van der Waals surface area contributed by atoms with Crippen molar-refractivity contribution in [2.75, 3.05) is 40.0 Å². The van der Waals surface area contributed by atoms with Crippen molar-refractivity contribution in [3.05, 3.63) is 41.6 Å². The second-order valence-corrected chi connectivity index (χ2v) is 5.16. The molecule has 23 heavy (non-hydrogen) atoms. The minimum absolute atomic E-state index is 0.127. The number of carbonyl (C=O) groups is 1. The molecule has 1 saturated heterocycles. The number of benzene rings is 1. The first-order valence-electron chi connectivity index (χ1n) is 7.58. The van der Waals surface area contributed by atoms with Gasteiger partial charge >= 0.3 is 0 Å². The van der Waals surface area contributed by atoms with Crippen molar-refractivity contribution in [2.45, 2.75) is 6.42 Å². The maximum Gasteiger partial charge on any atom is 0.263 e. The predicted molar refractivity (Wildman–Crippen MR) is 85.8 cm³/mol. The van der Waals surface area contributed by atoms with Gasteiger partial charge in [-0.2, -0.15) is 5.26 Å². The van der Waals surface area contributed by atoms with Gasteiger partial charge in [-0.25, -0.2) is 0 Å². The summed E-state index contributed by atoms with van der Waals surface area (Å²) in [6.07, 6.45) is 2.32. The van der Waals surface area contributed by atoms with Crippen LogP contribution in [0.4, 0.5) is 0 Å². The molecular formula is C17H21N3O3. The number of hydrogen-bond donors (Lipinski definition) is 1. The summed E-state index contributed by atoms with van der Waals surface area (Å²) >= 11 is 0. The van der Waals surface area contributed by atoms with Gasteiger partial charge in [0.1, 0.15) is 17.4 Å². The summed E-state index contributed by atoms with van der Waals surface area (Å²) < 4.78 is 10.3. The van der Waals surface area contributed by atoms with Crippen molar-refractivity contribution in [1.29, 1.82) is 5.26 Å². The zero-order valence-electron chi connectivity index (χ0n) is 13.2. The van der Waals surface area contributed by atoms with E-state index in [2.05, 4.69) is 5.32 Å². The molecule has 1 aromatic carbocycles. The summed E-state index contributed by atoms with van der Waals surface area (Å²) in [7, 11) is 1.62. The summed E-state index contributed by atoms with van der Waals surface area (Å²) in [4.78, 5) is 14.0. The molecule has 1 amide bonds. The number of nitriles is 1. The van der Waals surface area contributed by atoms with E-state index in [0.717, 1.165) is 11.3 Å². The number of nitrogens with zero attached hydrogens (tertiary/aromatic N) is 2. The smallest absolute Gasteiger partial charge is 0.263 e. The van der Waals surface area contributed by atoms with Gasteiger partial charge in [0.15, 0.2) is 0 Å². The first kappa shape index (κ1) is 16.8. The van der Waals surface area contributed by atoms with E-state index >= 15 is 0 Å². The highest BCUT2D eigenvalue weighted by atomic mass is 16.5. The van der Waals surface area contributed by atoms with Crippen LogP contribution in [0.2, 0.25) is 0 Å². The number of ether oxygens (including phenoxy) is 2.